The summed E-state index contributed by atoms with van der Waals surface area (Å²) in [5, 5.41) is 8.14. The molecule has 1 N–H and O–H groups in total. The van der Waals surface area contributed by atoms with E-state index in [1.807, 2.05) is 6.07 Å². The Morgan fingerprint density at radius 2 is 1.59 bits per heavy atom. The molecule has 0 bridgehead atoms. The first-order valence-electron chi connectivity index (χ1n) is 9.77. The molecule has 32 heavy (non-hydrogen) atoms. The van der Waals surface area contributed by atoms with Gasteiger partial charge in [0.2, 0.25) is 0 Å². The van der Waals surface area contributed by atoms with Gasteiger partial charge in [-0.3, -0.25) is 14.4 Å². The molecule has 0 atom stereocenters. The first-order chi connectivity index (χ1) is 15.4. The number of rotatable bonds is 4. The number of carbonyl (C=O) groups is 2. The van der Waals surface area contributed by atoms with E-state index >= 15 is 0 Å². The van der Waals surface area contributed by atoms with Crippen molar-refractivity contribution >= 4 is 39.9 Å². The molecule has 0 fully saturated rings. The van der Waals surface area contributed by atoms with E-state index in [0.717, 1.165) is 0 Å². The third kappa shape index (κ3) is 3.98. The van der Waals surface area contributed by atoms with E-state index < -0.39 is 5.91 Å². The molecule has 0 saturated heterocycles. The van der Waals surface area contributed by atoms with Crippen LogP contribution in [-0.2, 0) is 0 Å². The van der Waals surface area contributed by atoms with Crippen LogP contribution in [0.1, 0.15) is 20.8 Å². The maximum Gasteiger partial charge on any atom is 0.279 e. The molecule has 0 saturated carbocycles. The highest BCUT2D eigenvalue weighted by molar-refractivity contribution is 6.34. The zero-order chi connectivity index (χ0) is 22.8. The number of amides is 2. The number of para-hydroxylation sites is 1. The van der Waals surface area contributed by atoms with Gasteiger partial charge in [-0.2, -0.15) is 9.78 Å². The van der Waals surface area contributed by atoms with Gasteiger partial charge in [0.05, 0.1) is 21.8 Å². The number of hydrogen-bond acceptors (Lipinski definition) is 4. The summed E-state index contributed by atoms with van der Waals surface area (Å²) in [6.07, 6.45) is 0. The second kappa shape index (κ2) is 8.64. The number of carbonyl (C=O) groups excluding carboxylic acids is 2. The Labute approximate surface area is 188 Å². The minimum Gasteiger partial charge on any atom is -0.345 e. The lowest BCUT2D eigenvalue weighted by molar-refractivity contribution is 0.0827. The lowest BCUT2D eigenvalue weighted by atomic mass is 10.1. The lowest BCUT2D eigenvalue weighted by Crippen LogP contribution is -2.26. The van der Waals surface area contributed by atoms with Gasteiger partial charge in [0.15, 0.2) is 5.69 Å². The Morgan fingerprint density at radius 1 is 0.938 bits per heavy atom. The van der Waals surface area contributed by atoms with Gasteiger partial charge < -0.3 is 10.2 Å². The molecule has 0 aliphatic heterocycles. The molecule has 1 heterocycles. The number of aromatic nitrogens is 2. The van der Waals surface area contributed by atoms with Crippen LogP contribution in [0.15, 0.2) is 77.6 Å². The predicted octanol–water partition coefficient (Wildman–Crippen LogP) is 3.99. The number of nitrogens with zero attached hydrogens (tertiary/aromatic N) is 3. The Hall–Kier alpha value is -3.97. The second-order valence-corrected chi connectivity index (χ2v) is 7.70. The number of benzene rings is 3. The van der Waals surface area contributed by atoms with Crippen LogP contribution in [0.4, 0.5) is 5.69 Å². The zero-order valence-corrected chi connectivity index (χ0v) is 18.1. The highest BCUT2D eigenvalue weighted by atomic mass is 35.5. The standard InChI is InChI=1S/C24H19ClN4O3/c1-28(2)23(31)15-12-13-19(25)20(14-15)26-22(30)21-17-10-6-7-11-18(17)24(32)29(27-21)16-8-4-3-5-9-16/h3-14H,1-2H3,(H,26,30). The third-order valence-corrected chi connectivity index (χ3v) is 5.22. The summed E-state index contributed by atoms with van der Waals surface area (Å²) in [6, 6.07) is 20.3. The molecule has 0 unspecified atom stereocenters. The molecule has 4 aromatic rings. The van der Waals surface area contributed by atoms with E-state index in [1.165, 1.54) is 15.6 Å². The van der Waals surface area contributed by atoms with Crippen molar-refractivity contribution in [3.63, 3.8) is 0 Å². The summed E-state index contributed by atoms with van der Waals surface area (Å²) in [4.78, 5) is 40.0. The number of fused-ring (bicyclic) bond motifs is 1. The third-order valence-electron chi connectivity index (χ3n) is 4.89. The quantitative estimate of drug-likeness (QED) is 0.513. The van der Waals surface area contributed by atoms with Gasteiger partial charge >= 0.3 is 0 Å². The van der Waals surface area contributed by atoms with E-state index in [4.69, 9.17) is 11.6 Å². The lowest BCUT2D eigenvalue weighted by Gasteiger charge is -2.14. The maximum absolute atomic E-state index is 13.2. The minimum atomic E-state index is -0.553. The first kappa shape index (κ1) is 21.3. The molecule has 8 heteroatoms. The monoisotopic (exact) mass is 446 g/mol. The van der Waals surface area contributed by atoms with Crippen molar-refractivity contribution in [1.82, 2.24) is 14.7 Å². The average molecular weight is 447 g/mol. The molecule has 1 aromatic heterocycles. The molecule has 3 aromatic carbocycles. The number of hydrogen-bond donors (Lipinski definition) is 1. The van der Waals surface area contributed by atoms with Gasteiger partial charge in [-0.25, -0.2) is 0 Å². The fraction of sp³-hybridized carbons (Fsp3) is 0.0833. The minimum absolute atomic E-state index is 0.0597. The highest BCUT2D eigenvalue weighted by Crippen LogP contribution is 2.25. The van der Waals surface area contributed by atoms with Crippen molar-refractivity contribution in [2.75, 3.05) is 19.4 Å². The summed E-state index contributed by atoms with van der Waals surface area (Å²) >= 11 is 6.27. The molecule has 0 aliphatic carbocycles. The summed E-state index contributed by atoms with van der Waals surface area (Å²) in [5.41, 5.74) is 0.910. The predicted molar refractivity (Wildman–Crippen MR) is 125 cm³/mol. The fourth-order valence-corrected chi connectivity index (χ4v) is 3.46. The normalized spacial score (nSPS) is 10.7. The number of anilines is 1. The summed E-state index contributed by atoms with van der Waals surface area (Å²) < 4.78 is 1.20. The zero-order valence-electron chi connectivity index (χ0n) is 17.4. The van der Waals surface area contributed by atoms with Crippen molar-refractivity contribution in [2.45, 2.75) is 0 Å². The average Bonchev–Trinajstić information content (AvgIpc) is 2.81. The Balaban J connectivity index is 1.81. The maximum atomic E-state index is 13.2. The van der Waals surface area contributed by atoms with Crippen LogP contribution in [0.5, 0.6) is 0 Å². The summed E-state index contributed by atoms with van der Waals surface area (Å²) in [5.74, 6) is -0.777. The molecular weight excluding hydrogens is 428 g/mol. The number of halogens is 1. The summed E-state index contributed by atoms with van der Waals surface area (Å²) in [7, 11) is 3.27. The van der Waals surface area contributed by atoms with Gasteiger partial charge in [0.1, 0.15) is 0 Å². The van der Waals surface area contributed by atoms with Crippen LogP contribution in [0.3, 0.4) is 0 Å². The van der Waals surface area contributed by atoms with Crippen LogP contribution in [-0.4, -0.2) is 40.6 Å². The van der Waals surface area contributed by atoms with Gasteiger partial charge in [-0.1, -0.05) is 48.0 Å². The van der Waals surface area contributed by atoms with Crippen molar-refractivity contribution in [2.24, 2.45) is 0 Å². The van der Waals surface area contributed by atoms with Crippen molar-refractivity contribution in [1.29, 1.82) is 0 Å². The van der Waals surface area contributed by atoms with Crippen molar-refractivity contribution in [3.8, 4) is 5.69 Å². The molecule has 0 aliphatic rings. The van der Waals surface area contributed by atoms with Crippen LogP contribution < -0.4 is 10.9 Å². The van der Waals surface area contributed by atoms with Gasteiger partial charge in [-0.15, -0.1) is 0 Å². The van der Waals surface area contributed by atoms with Gasteiger partial charge in [-0.05, 0) is 36.4 Å². The Kier molecular flexibility index (Phi) is 5.75. The summed E-state index contributed by atoms with van der Waals surface area (Å²) in [6.45, 7) is 0. The largest absolute Gasteiger partial charge is 0.345 e. The Morgan fingerprint density at radius 3 is 2.28 bits per heavy atom. The first-order valence-corrected chi connectivity index (χ1v) is 10.1. The van der Waals surface area contributed by atoms with E-state index in [-0.39, 0.29) is 27.9 Å². The van der Waals surface area contributed by atoms with E-state index in [1.54, 1.807) is 74.8 Å². The van der Waals surface area contributed by atoms with Crippen LogP contribution >= 0.6 is 11.6 Å². The number of nitrogens with one attached hydrogen (secondary N) is 1. The highest BCUT2D eigenvalue weighted by Gasteiger charge is 2.19. The SMILES string of the molecule is CN(C)C(=O)c1ccc(Cl)c(NC(=O)c2nn(-c3ccccc3)c(=O)c3ccccc23)c1. The molecule has 0 radical (unpaired) electrons. The molecule has 2 amide bonds. The Bertz CT molecular complexity index is 1400. The van der Waals surface area contributed by atoms with Gasteiger partial charge in [0, 0.05) is 25.0 Å². The fourth-order valence-electron chi connectivity index (χ4n) is 3.30. The molecule has 4 rings (SSSR count). The molecule has 0 spiro atoms. The topological polar surface area (TPSA) is 84.3 Å². The molecule has 160 valence electrons. The van der Waals surface area contributed by atoms with Crippen molar-refractivity contribution in [3.05, 3.63) is 99.4 Å². The van der Waals surface area contributed by atoms with Crippen LogP contribution in [0.2, 0.25) is 5.02 Å². The molecular formula is C24H19ClN4O3. The van der Waals surface area contributed by atoms with E-state index in [2.05, 4.69) is 10.4 Å². The van der Waals surface area contributed by atoms with Gasteiger partial charge in [0.25, 0.3) is 17.4 Å². The second-order valence-electron chi connectivity index (χ2n) is 7.30. The van der Waals surface area contributed by atoms with E-state index in [0.29, 0.717) is 22.0 Å². The van der Waals surface area contributed by atoms with E-state index in [9.17, 15) is 14.4 Å². The van der Waals surface area contributed by atoms with Crippen molar-refractivity contribution < 1.29 is 9.59 Å². The smallest absolute Gasteiger partial charge is 0.279 e. The van der Waals surface area contributed by atoms with Crippen LogP contribution in [0.25, 0.3) is 16.5 Å². The molecule has 7 nitrogen and oxygen atoms in total. The van der Waals surface area contributed by atoms with Crippen LogP contribution in [0, 0.1) is 0 Å².